The van der Waals surface area contributed by atoms with Gasteiger partial charge in [0.1, 0.15) is 6.10 Å². The lowest BCUT2D eigenvalue weighted by molar-refractivity contribution is -0.0889. The Morgan fingerprint density at radius 3 is 2.79 bits per heavy atom. The number of aliphatic imine (C=N–C) groups is 1. The zero-order valence-corrected chi connectivity index (χ0v) is 17.1. The molecule has 7 nitrogen and oxygen atoms in total. The van der Waals surface area contributed by atoms with Gasteiger partial charge in [-0.05, 0) is 6.92 Å². The fourth-order valence-corrected chi connectivity index (χ4v) is 4.13. The van der Waals surface area contributed by atoms with E-state index in [1.54, 1.807) is 11.3 Å². The molecule has 2 unspecified atom stereocenters. The monoisotopic (exact) mass is 428 g/mol. The van der Waals surface area contributed by atoms with Gasteiger partial charge in [0, 0.05) is 68.6 Å². The summed E-state index contributed by atoms with van der Waals surface area (Å²) in [7, 11) is 3.29. The first-order valence-electron chi connectivity index (χ1n) is 9.08. The van der Waals surface area contributed by atoms with E-state index in [4.69, 9.17) is 10.1 Å². The number of hydrogen-bond acceptors (Lipinski definition) is 7. The average molecular weight is 428 g/mol. The quantitative estimate of drug-likeness (QED) is 0.671. The molecule has 3 rings (SSSR count). The second kappa shape index (κ2) is 8.54. The number of rotatable bonds is 5. The Morgan fingerprint density at radius 2 is 2.17 bits per heavy atom. The van der Waals surface area contributed by atoms with E-state index in [0.717, 1.165) is 22.3 Å². The molecule has 0 saturated carbocycles. The Balaban J connectivity index is 1.69. The lowest BCUT2D eigenvalue weighted by atomic mass is 10.0. The van der Waals surface area contributed by atoms with E-state index in [1.807, 2.05) is 13.2 Å². The Labute approximate surface area is 170 Å². The summed E-state index contributed by atoms with van der Waals surface area (Å²) < 4.78 is 46.0. The Hall–Kier alpha value is -2.40. The van der Waals surface area contributed by atoms with Gasteiger partial charge >= 0.3 is 6.18 Å². The Kier molecular flexibility index (Phi) is 6.27. The van der Waals surface area contributed by atoms with E-state index in [1.165, 1.54) is 7.05 Å². The van der Waals surface area contributed by atoms with Crippen molar-refractivity contribution in [3.63, 3.8) is 0 Å². The fraction of sp³-hybridized carbons (Fsp3) is 0.500. The number of ether oxygens (including phenoxy) is 1. The maximum absolute atomic E-state index is 13.4. The van der Waals surface area contributed by atoms with Gasteiger partial charge in [-0.25, -0.2) is 4.98 Å². The van der Waals surface area contributed by atoms with Gasteiger partial charge in [-0.2, -0.15) is 18.2 Å². The minimum absolute atomic E-state index is 0.176. The maximum Gasteiger partial charge on any atom is 0.417 e. The largest absolute Gasteiger partial charge is 0.473 e. The van der Waals surface area contributed by atoms with Crippen molar-refractivity contribution >= 4 is 28.2 Å². The highest BCUT2D eigenvalue weighted by Gasteiger charge is 2.40. The molecule has 29 heavy (non-hydrogen) atoms. The van der Waals surface area contributed by atoms with Crippen LogP contribution in [-0.2, 0) is 11.3 Å². The van der Waals surface area contributed by atoms with Crippen LogP contribution in [0.15, 0.2) is 34.6 Å². The highest BCUT2D eigenvalue weighted by molar-refractivity contribution is 7.15. The number of thiazole rings is 1. The molecule has 0 aromatic carbocycles. The van der Waals surface area contributed by atoms with E-state index < -0.39 is 17.6 Å². The minimum Gasteiger partial charge on any atom is -0.473 e. The van der Waals surface area contributed by atoms with Gasteiger partial charge in [-0.15, -0.1) is 11.3 Å². The van der Waals surface area contributed by atoms with Crippen LogP contribution in [0.2, 0.25) is 0 Å². The molecule has 2 atom stereocenters. The molecule has 0 amide bonds. The predicted octanol–water partition coefficient (Wildman–Crippen LogP) is 3.15. The van der Waals surface area contributed by atoms with Crippen LogP contribution in [0.3, 0.4) is 0 Å². The first-order valence-corrected chi connectivity index (χ1v) is 9.90. The number of alkyl halides is 3. The molecule has 1 fully saturated rings. The third-order valence-electron chi connectivity index (χ3n) is 4.71. The number of dihydropyridines is 1. The molecule has 3 N–H and O–H groups in total. The molecule has 158 valence electrons. The van der Waals surface area contributed by atoms with Crippen molar-refractivity contribution in [2.75, 3.05) is 26.0 Å². The Morgan fingerprint density at radius 1 is 1.41 bits per heavy atom. The minimum atomic E-state index is -4.61. The van der Waals surface area contributed by atoms with Crippen molar-refractivity contribution in [1.29, 1.82) is 5.41 Å². The van der Waals surface area contributed by atoms with E-state index >= 15 is 0 Å². The Bertz CT molecular complexity index is 860. The first kappa shape index (κ1) is 21.3. The average Bonchev–Trinajstić information content (AvgIpc) is 3.23. The lowest BCUT2D eigenvalue weighted by Crippen LogP contribution is -2.29. The highest BCUT2D eigenvalue weighted by Crippen LogP contribution is 2.34. The van der Waals surface area contributed by atoms with Crippen molar-refractivity contribution in [3.8, 4) is 0 Å². The van der Waals surface area contributed by atoms with Crippen LogP contribution in [0, 0.1) is 5.41 Å². The summed E-state index contributed by atoms with van der Waals surface area (Å²) >= 11 is 1.56. The van der Waals surface area contributed by atoms with Crippen molar-refractivity contribution in [2.24, 2.45) is 4.99 Å². The SMILES string of the molecule is CN/C=C1\C(=N)N=C(OC2CC(C)N(Cc3cnc(NC)s3)C2)C=C1C(F)(F)F. The standard InChI is InChI=1S/C18H23F3N6OS/c1-10-4-11(8-27(10)9-12-6-25-17(24-3)29-12)28-15-5-14(18(19,20)21)13(7-23-2)16(22)26-15/h5-7,10-11,22-23H,4,8-9H2,1-3H3,(H,24,25)/b13-7-,22-16?. The van der Waals surface area contributed by atoms with Crippen LogP contribution in [-0.4, -0.2) is 60.6 Å². The zero-order valence-electron chi connectivity index (χ0n) is 16.3. The lowest BCUT2D eigenvalue weighted by Gasteiger charge is -2.22. The number of hydrogen-bond donors (Lipinski definition) is 3. The van der Waals surface area contributed by atoms with E-state index in [0.29, 0.717) is 19.5 Å². The van der Waals surface area contributed by atoms with Gasteiger partial charge in [0.2, 0.25) is 5.90 Å². The zero-order chi connectivity index (χ0) is 21.2. The van der Waals surface area contributed by atoms with Crippen LogP contribution in [0.25, 0.3) is 0 Å². The number of amidine groups is 1. The molecule has 0 spiro atoms. The summed E-state index contributed by atoms with van der Waals surface area (Å²) in [5, 5.41) is 14.2. The number of likely N-dealkylation sites (tertiary alicyclic amines) is 1. The summed E-state index contributed by atoms with van der Waals surface area (Å²) in [5.41, 5.74) is -1.24. The van der Waals surface area contributed by atoms with Crippen molar-refractivity contribution in [3.05, 3.63) is 34.5 Å². The molecule has 1 aromatic rings. The molecule has 0 bridgehead atoms. The van der Waals surface area contributed by atoms with E-state index in [2.05, 4.69) is 32.4 Å². The van der Waals surface area contributed by atoms with Crippen LogP contribution >= 0.6 is 11.3 Å². The second-order valence-electron chi connectivity index (χ2n) is 6.84. The highest BCUT2D eigenvalue weighted by atomic mass is 32.1. The molecule has 2 aliphatic heterocycles. The van der Waals surface area contributed by atoms with Gasteiger partial charge in [-0.1, -0.05) is 0 Å². The molecular formula is C18H23F3N6OS. The summed E-state index contributed by atoms with van der Waals surface area (Å²) in [4.78, 5) is 11.5. The molecule has 11 heteroatoms. The molecule has 3 heterocycles. The topological polar surface area (TPSA) is 85.6 Å². The molecule has 0 aliphatic carbocycles. The molecule has 2 aliphatic rings. The van der Waals surface area contributed by atoms with Crippen LogP contribution < -0.4 is 10.6 Å². The third-order valence-corrected chi connectivity index (χ3v) is 5.71. The summed E-state index contributed by atoms with van der Waals surface area (Å²) in [6, 6.07) is 0.203. The molecule has 0 radical (unpaired) electrons. The predicted molar refractivity (Wildman–Crippen MR) is 107 cm³/mol. The first-order chi connectivity index (χ1) is 13.7. The summed E-state index contributed by atoms with van der Waals surface area (Å²) in [6.07, 6.45) is -0.428. The second-order valence-corrected chi connectivity index (χ2v) is 7.95. The van der Waals surface area contributed by atoms with Gasteiger partial charge in [0.25, 0.3) is 0 Å². The number of nitrogens with zero attached hydrogens (tertiary/aromatic N) is 3. The normalized spacial score (nSPS) is 24.5. The maximum atomic E-state index is 13.4. The van der Waals surface area contributed by atoms with Gasteiger partial charge in [-0.3, -0.25) is 10.3 Å². The summed E-state index contributed by atoms with van der Waals surface area (Å²) in [5.74, 6) is -0.652. The van der Waals surface area contributed by atoms with Gasteiger partial charge in [0.15, 0.2) is 11.0 Å². The van der Waals surface area contributed by atoms with Crippen LogP contribution in [0.4, 0.5) is 18.3 Å². The van der Waals surface area contributed by atoms with Gasteiger partial charge in [0.05, 0.1) is 5.57 Å². The fourth-order valence-electron chi connectivity index (χ4n) is 3.34. The number of halogens is 3. The molecule has 1 saturated heterocycles. The van der Waals surface area contributed by atoms with Crippen molar-refractivity contribution < 1.29 is 17.9 Å². The summed E-state index contributed by atoms with van der Waals surface area (Å²) in [6.45, 7) is 3.31. The number of anilines is 1. The van der Waals surface area contributed by atoms with Crippen LogP contribution in [0.5, 0.6) is 0 Å². The molecular weight excluding hydrogens is 405 g/mol. The smallest absolute Gasteiger partial charge is 0.417 e. The molecule has 1 aromatic heterocycles. The number of aromatic nitrogens is 1. The van der Waals surface area contributed by atoms with Crippen molar-refractivity contribution in [1.82, 2.24) is 15.2 Å². The van der Waals surface area contributed by atoms with E-state index in [-0.39, 0.29) is 23.6 Å². The number of nitrogens with one attached hydrogen (secondary N) is 3. The third kappa shape index (κ3) is 4.96. The van der Waals surface area contributed by atoms with Gasteiger partial charge < -0.3 is 15.4 Å². The van der Waals surface area contributed by atoms with Crippen LogP contribution in [0.1, 0.15) is 18.2 Å². The van der Waals surface area contributed by atoms with E-state index in [9.17, 15) is 13.2 Å². The van der Waals surface area contributed by atoms with Crippen molar-refractivity contribution in [2.45, 2.75) is 38.2 Å².